The topological polar surface area (TPSA) is 92.3 Å². The van der Waals surface area contributed by atoms with Crippen molar-refractivity contribution in [3.63, 3.8) is 0 Å². The molecule has 1 atom stereocenters. The van der Waals surface area contributed by atoms with Gasteiger partial charge in [-0.15, -0.1) is 0 Å². The van der Waals surface area contributed by atoms with Gasteiger partial charge in [0.25, 0.3) is 0 Å². The first-order valence-electron chi connectivity index (χ1n) is 10.1. The minimum Gasteiger partial charge on any atom is -0.379 e. The van der Waals surface area contributed by atoms with Crippen molar-refractivity contribution in [3.8, 4) is 0 Å². The predicted octanol–water partition coefficient (Wildman–Crippen LogP) is 1.08. The van der Waals surface area contributed by atoms with Crippen LogP contribution in [-0.2, 0) is 31.8 Å². The summed E-state index contributed by atoms with van der Waals surface area (Å²) in [5, 5.41) is 6.60. The number of nitrogens with one attached hydrogen (secondary N) is 2. The molecule has 8 nitrogen and oxygen atoms in total. The number of hydrogen-bond donors (Lipinski definition) is 2. The zero-order valence-electron chi connectivity index (χ0n) is 17.3. The van der Waals surface area contributed by atoms with Crippen molar-refractivity contribution in [2.24, 2.45) is 4.99 Å². The third-order valence-corrected chi connectivity index (χ3v) is 7.25. The molecule has 0 saturated carbocycles. The first-order chi connectivity index (χ1) is 13.9. The Bertz CT molecular complexity index is 800. The van der Waals surface area contributed by atoms with Gasteiger partial charge in [0.1, 0.15) is 0 Å². The van der Waals surface area contributed by atoms with Crippen LogP contribution in [0.5, 0.6) is 0 Å². The van der Waals surface area contributed by atoms with Crippen LogP contribution in [0.4, 0.5) is 0 Å². The average Bonchev–Trinajstić information content (AvgIpc) is 3.16. The van der Waals surface area contributed by atoms with Crippen molar-refractivity contribution in [3.05, 3.63) is 35.4 Å². The van der Waals surface area contributed by atoms with E-state index in [1.54, 1.807) is 7.05 Å². The molecule has 162 valence electrons. The fourth-order valence-electron chi connectivity index (χ4n) is 3.63. The standard InChI is InChI=1S/C20H32N4O4S/c1-20(8-5-11-28-20)16-23-19(21-2)22-14-17-6-3-4-7-18(17)15-29(25,26)24-9-12-27-13-10-24/h3-4,6-7H,5,8-16H2,1-2H3,(H2,21,22,23). The summed E-state index contributed by atoms with van der Waals surface area (Å²) in [6, 6.07) is 7.62. The van der Waals surface area contributed by atoms with Crippen LogP contribution in [0.15, 0.2) is 29.3 Å². The molecule has 0 amide bonds. The van der Waals surface area contributed by atoms with Crippen molar-refractivity contribution in [1.82, 2.24) is 14.9 Å². The van der Waals surface area contributed by atoms with Gasteiger partial charge >= 0.3 is 0 Å². The zero-order chi connectivity index (χ0) is 20.7. The number of morpholine rings is 1. The Labute approximate surface area is 173 Å². The van der Waals surface area contributed by atoms with E-state index in [0.717, 1.165) is 30.6 Å². The highest BCUT2D eigenvalue weighted by Gasteiger charge is 2.30. The lowest BCUT2D eigenvalue weighted by Crippen LogP contribution is -2.45. The second-order valence-corrected chi connectivity index (χ2v) is 9.69. The number of sulfonamides is 1. The molecule has 3 rings (SSSR count). The zero-order valence-corrected chi connectivity index (χ0v) is 18.1. The molecule has 0 aromatic heterocycles. The molecule has 29 heavy (non-hydrogen) atoms. The van der Waals surface area contributed by atoms with Crippen molar-refractivity contribution < 1.29 is 17.9 Å². The Kier molecular flexibility index (Phi) is 7.50. The minimum absolute atomic E-state index is 0.0111. The van der Waals surface area contributed by atoms with Gasteiger partial charge in [-0.3, -0.25) is 4.99 Å². The molecule has 1 unspecified atom stereocenters. The van der Waals surface area contributed by atoms with E-state index in [4.69, 9.17) is 9.47 Å². The van der Waals surface area contributed by atoms with Gasteiger partial charge in [-0.05, 0) is 30.9 Å². The lowest BCUT2D eigenvalue weighted by molar-refractivity contribution is 0.0243. The van der Waals surface area contributed by atoms with Crippen LogP contribution in [0.2, 0.25) is 0 Å². The molecule has 2 heterocycles. The molecule has 0 aliphatic carbocycles. The Hall–Kier alpha value is -1.68. The van der Waals surface area contributed by atoms with Gasteiger partial charge in [-0.2, -0.15) is 4.31 Å². The van der Waals surface area contributed by atoms with E-state index in [-0.39, 0.29) is 11.4 Å². The van der Waals surface area contributed by atoms with Crippen LogP contribution in [0.25, 0.3) is 0 Å². The monoisotopic (exact) mass is 424 g/mol. The molecule has 0 bridgehead atoms. The predicted molar refractivity (Wildman–Crippen MR) is 113 cm³/mol. The van der Waals surface area contributed by atoms with Crippen LogP contribution in [0.1, 0.15) is 30.9 Å². The normalized spacial score (nSPS) is 23.9. The Morgan fingerprint density at radius 2 is 1.90 bits per heavy atom. The summed E-state index contributed by atoms with van der Waals surface area (Å²) in [6.45, 7) is 5.81. The van der Waals surface area contributed by atoms with Crippen molar-refractivity contribution in [2.45, 2.75) is 37.7 Å². The molecule has 1 aromatic carbocycles. The number of rotatable bonds is 7. The summed E-state index contributed by atoms with van der Waals surface area (Å²) >= 11 is 0. The SMILES string of the molecule is CN=C(NCc1ccccc1CS(=O)(=O)N1CCOCC1)NCC1(C)CCCO1. The average molecular weight is 425 g/mol. The van der Waals surface area contributed by atoms with Gasteiger partial charge in [-0.1, -0.05) is 24.3 Å². The summed E-state index contributed by atoms with van der Waals surface area (Å²) in [4.78, 5) is 4.27. The number of nitrogens with zero attached hydrogens (tertiary/aromatic N) is 2. The Morgan fingerprint density at radius 3 is 2.55 bits per heavy atom. The maximum atomic E-state index is 12.8. The van der Waals surface area contributed by atoms with E-state index >= 15 is 0 Å². The second kappa shape index (κ2) is 9.88. The van der Waals surface area contributed by atoms with E-state index in [2.05, 4.69) is 22.5 Å². The molecular weight excluding hydrogens is 392 g/mol. The third kappa shape index (κ3) is 6.15. The molecule has 2 aliphatic rings. The highest BCUT2D eigenvalue weighted by Crippen LogP contribution is 2.23. The second-order valence-electron chi connectivity index (χ2n) is 7.72. The molecule has 1 aromatic rings. The summed E-state index contributed by atoms with van der Waals surface area (Å²) in [5.41, 5.74) is 1.57. The van der Waals surface area contributed by atoms with E-state index in [1.807, 2.05) is 24.3 Å². The van der Waals surface area contributed by atoms with Crippen LogP contribution in [-0.4, -0.2) is 70.8 Å². The molecule has 9 heteroatoms. The van der Waals surface area contributed by atoms with Crippen LogP contribution >= 0.6 is 0 Å². The van der Waals surface area contributed by atoms with Gasteiger partial charge in [0.2, 0.25) is 10.0 Å². The summed E-state index contributed by atoms with van der Waals surface area (Å²) in [6.07, 6.45) is 2.11. The first-order valence-corrected chi connectivity index (χ1v) is 11.7. The first kappa shape index (κ1) is 22.0. The van der Waals surface area contributed by atoms with Crippen molar-refractivity contribution in [2.75, 3.05) is 46.5 Å². The van der Waals surface area contributed by atoms with Crippen LogP contribution in [0.3, 0.4) is 0 Å². The maximum Gasteiger partial charge on any atom is 0.218 e. The van der Waals surface area contributed by atoms with Gasteiger partial charge < -0.3 is 20.1 Å². The lowest BCUT2D eigenvalue weighted by Gasteiger charge is -2.26. The lowest BCUT2D eigenvalue weighted by atomic mass is 10.0. The quantitative estimate of drug-likeness (QED) is 0.503. The molecule has 2 fully saturated rings. The molecule has 2 aliphatic heterocycles. The van der Waals surface area contributed by atoms with Crippen molar-refractivity contribution in [1.29, 1.82) is 0 Å². The Balaban J connectivity index is 1.59. The van der Waals surface area contributed by atoms with E-state index in [9.17, 15) is 8.42 Å². The number of guanidine groups is 1. The number of ether oxygens (including phenoxy) is 2. The fourth-order valence-corrected chi connectivity index (χ4v) is 5.19. The summed E-state index contributed by atoms with van der Waals surface area (Å²) in [7, 11) is -1.65. The van der Waals surface area contributed by atoms with Gasteiger partial charge in [0, 0.05) is 39.8 Å². The minimum atomic E-state index is -3.37. The van der Waals surface area contributed by atoms with Crippen LogP contribution in [0, 0.1) is 0 Å². The highest BCUT2D eigenvalue weighted by molar-refractivity contribution is 7.88. The largest absolute Gasteiger partial charge is 0.379 e. The number of aliphatic imine (C=N–C) groups is 1. The maximum absolute atomic E-state index is 12.8. The Morgan fingerprint density at radius 1 is 1.17 bits per heavy atom. The third-order valence-electron chi connectivity index (χ3n) is 5.42. The fraction of sp³-hybridized carbons (Fsp3) is 0.650. The molecule has 2 saturated heterocycles. The molecule has 0 spiro atoms. The molecule has 0 radical (unpaired) electrons. The van der Waals surface area contributed by atoms with E-state index < -0.39 is 10.0 Å². The summed E-state index contributed by atoms with van der Waals surface area (Å²) < 4.78 is 38.2. The smallest absolute Gasteiger partial charge is 0.218 e. The van der Waals surface area contributed by atoms with E-state index in [0.29, 0.717) is 45.4 Å². The molecular formula is C20H32N4O4S. The van der Waals surface area contributed by atoms with Crippen LogP contribution < -0.4 is 10.6 Å². The summed E-state index contributed by atoms with van der Waals surface area (Å²) in [5.74, 6) is 0.663. The molecule has 2 N–H and O–H groups in total. The number of hydrogen-bond acceptors (Lipinski definition) is 5. The van der Waals surface area contributed by atoms with E-state index in [1.165, 1.54) is 4.31 Å². The number of benzene rings is 1. The highest BCUT2D eigenvalue weighted by atomic mass is 32.2. The van der Waals surface area contributed by atoms with Crippen molar-refractivity contribution >= 4 is 16.0 Å². The van der Waals surface area contributed by atoms with Gasteiger partial charge in [0.15, 0.2) is 5.96 Å². The van der Waals surface area contributed by atoms with Gasteiger partial charge in [0.05, 0.1) is 24.6 Å². The van der Waals surface area contributed by atoms with Gasteiger partial charge in [-0.25, -0.2) is 8.42 Å².